The number of alkyl halides is 3. The number of piperidine rings is 2. The number of carbonyl (C=O) groups excluding carboxylic acids is 1. The fraction of sp³-hybridized carbons (Fsp3) is 0.400. The number of nitrogens with one attached hydrogen (secondary N) is 2. The highest BCUT2D eigenvalue weighted by atomic mass is 19.4. The van der Waals surface area contributed by atoms with Crippen LogP contribution in [-0.2, 0) is 11.0 Å². The highest BCUT2D eigenvalue weighted by Crippen LogP contribution is 2.40. The van der Waals surface area contributed by atoms with E-state index in [1.807, 2.05) is 36.5 Å². The van der Waals surface area contributed by atoms with Gasteiger partial charge in [-0.1, -0.05) is 6.07 Å². The van der Waals surface area contributed by atoms with E-state index in [1.54, 1.807) is 23.2 Å². The predicted octanol–water partition coefficient (Wildman–Crippen LogP) is 4.78. The first kappa shape index (κ1) is 31.2. The highest BCUT2D eigenvalue weighted by Gasteiger charge is 2.37. The van der Waals surface area contributed by atoms with Crippen molar-refractivity contribution in [3.05, 3.63) is 82.4 Å². The number of hydrogen-bond acceptors (Lipinski definition) is 7. The molecule has 47 heavy (non-hydrogen) atoms. The summed E-state index contributed by atoms with van der Waals surface area (Å²) in [4.78, 5) is 35.0. The molecule has 0 unspecified atom stereocenters. The number of nitrogens with zero attached hydrogens (tertiary/aromatic N) is 5. The molecule has 3 aliphatic rings. The Morgan fingerprint density at radius 1 is 0.957 bits per heavy atom. The minimum Gasteiger partial charge on any atom is -0.371 e. The number of aromatic nitrogens is 2. The van der Waals surface area contributed by atoms with E-state index in [1.165, 1.54) is 16.7 Å². The van der Waals surface area contributed by atoms with Gasteiger partial charge in [0.25, 0.3) is 5.56 Å². The first-order chi connectivity index (χ1) is 22.5. The summed E-state index contributed by atoms with van der Waals surface area (Å²) in [5.41, 5.74) is 5.27. The van der Waals surface area contributed by atoms with E-state index in [0.29, 0.717) is 54.3 Å². The van der Waals surface area contributed by atoms with Gasteiger partial charge in [-0.25, -0.2) is 5.43 Å². The van der Waals surface area contributed by atoms with Gasteiger partial charge in [0.15, 0.2) is 0 Å². The maximum atomic E-state index is 14.7. The first-order valence-electron chi connectivity index (χ1n) is 16.1. The average Bonchev–Trinajstić information content (AvgIpc) is 3.51. The molecule has 5 heterocycles. The quantitative estimate of drug-likeness (QED) is 0.303. The van der Waals surface area contributed by atoms with Crippen LogP contribution in [0.4, 0.5) is 18.9 Å². The summed E-state index contributed by atoms with van der Waals surface area (Å²) in [7, 11) is 3.97. The normalized spacial score (nSPS) is 18.7. The van der Waals surface area contributed by atoms with Crippen molar-refractivity contribution < 1.29 is 18.0 Å². The summed E-state index contributed by atoms with van der Waals surface area (Å²) in [5.74, 6) is -0.227. The molecular formula is C35H38F3N7O2. The molecule has 0 spiro atoms. The smallest absolute Gasteiger partial charge is 0.371 e. The Bertz CT molecular complexity index is 1920. The number of rotatable bonds is 5. The third-order valence-electron chi connectivity index (χ3n) is 9.77. The fourth-order valence-corrected chi connectivity index (χ4v) is 7.10. The number of hydrazine groups is 1. The zero-order valence-corrected chi connectivity index (χ0v) is 26.5. The zero-order chi connectivity index (χ0) is 32.9. The van der Waals surface area contributed by atoms with Gasteiger partial charge >= 0.3 is 6.18 Å². The van der Waals surface area contributed by atoms with Crippen molar-refractivity contribution in [3.63, 3.8) is 0 Å². The lowest BCUT2D eigenvalue weighted by Gasteiger charge is -2.36. The van der Waals surface area contributed by atoms with Crippen LogP contribution in [0.1, 0.15) is 36.8 Å². The number of hydrogen-bond donors (Lipinski definition) is 2. The Balaban J connectivity index is 1.21. The monoisotopic (exact) mass is 645 g/mol. The molecule has 1 amide bonds. The lowest BCUT2D eigenvalue weighted by molar-refractivity contribution is -0.137. The van der Waals surface area contributed by atoms with Gasteiger partial charge < -0.3 is 20.1 Å². The second-order valence-electron chi connectivity index (χ2n) is 12.9. The predicted molar refractivity (Wildman–Crippen MR) is 177 cm³/mol. The Hall–Kier alpha value is -4.42. The van der Waals surface area contributed by atoms with Crippen LogP contribution < -0.4 is 21.2 Å². The summed E-state index contributed by atoms with van der Waals surface area (Å²) in [6.07, 6.45) is 1.72. The lowest BCUT2D eigenvalue weighted by atomic mass is 9.94. The molecule has 0 atom stereocenters. The average molecular weight is 646 g/mol. The van der Waals surface area contributed by atoms with Crippen molar-refractivity contribution in [1.29, 1.82) is 0 Å². The maximum absolute atomic E-state index is 14.7. The van der Waals surface area contributed by atoms with Gasteiger partial charge in [0.1, 0.15) is 0 Å². The lowest BCUT2D eigenvalue weighted by Crippen LogP contribution is -2.47. The van der Waals surface area contributed by atoms with Gasteiger partial charge in [0.05, 0.1) is 22.3 Å². The molecule has 2 N–H and O–H groups in total. The van der Waals surface area contributed by atoms with E-state index in [9.17, 15) is 22.8 Å². The van der Waals surface area contributed by atoms with E-state index >= 15 is 0 Å². The van der Waals surface area contributed by atoms with E-state index < -0.39 is 17.3 Å². The van der Waals surface area contributed by atoms with Gasteiger partial charge in [0.2, 0.25) is 5.91 Å². The molecule has 4 aromatic rings. The minimum atomic E-state index is -4.66. The molecule has 2 aromatic heterocycles. The van der Waals surface area contributed by atoms with Crippen LogP contribution >= 0.6 is 0 Å². The summed E-state index contributed by atoms with van der Waals surface area (Å²) >= 11 is 0. The molecule has 0 bridgehead atoms. The van der Waals surface area contributed by atoms with Crippen molar-refractivity contribution in [2.75, 3.05) is 51.7 Å². The Morgan fingerprint density at radius 2 is 1.72 bits per heavy atom. The van der Waals surface area contributed by atoms with Crippen molar-refractivity contribution in [2.45, 2.75) is 37.9 Å². The number of pyridine rings is 2. The highest BCUT2D eigenvalue weighted by molar-refractivity contribution is 6.05. The molecular weight excluding hydrogens is 607 g/mol. The SMILES string of the molecule is CN1CCC(NC(=O)C2CCN(c3ccc(-n4c(=O)ccc5cnc6ccc(C7=CN(C)NC7)cc6c54)cc3C(F)(F)F)CC2)CC1. The second kappa shape index (κ2) is 12.3. The van der Waals surface area contributed by atoms with Crippen LogP contribution in [0.5, 0.6) is 0 Å². The van der Waals surface area contributed by atoms with Crippen LogP contribution in [0.15, 0.2) is 65.7 Å². The number of amides is 1. The van der Waals surface area contributed by atoms with Gasteiger partial charge in [0, 0.05) is 73.6 Å². The molecule has 0 radical (unpaired) electrons. The summed E-state index contributed by atoms with van der Waals surface area (Å²) in [6.45, 7) is 3.17. The standard InChI is InChI=1S/C35H38F3N7O2/c1-42-13-11-26(12-14-42)41-34(47)22-9-15-44(16-10-22)31-7-5-27(18-29(31)35(36,37)38)45-32(46)8-4-24-19-39-30-6-3-23(17-28(30)33(24)45)25-20-40-43(2)21-25/h3-8,17-19,21-22,26,40H,9-16,20H2,1-2H3,(H,41,47). The molecule has 12 heteroatoms. The van der Waals surface area contributed by atoms with Crippen LogP contribution in [0.2, 0.25) is 0 Å². The van der Waals surface area contributed by atoms with E-state index in [-0.39, 0.29) is 29.2 Å². The summed E-state index contributed by atoms with van der Waals surface area (Å²) in [6, 6.07) is 13.1. The van der Waals surface area contributed by atoms with Gasteiger partial charge in [-0.2, -0.15) is 13.2 Å². The molecule has 0 saturated carbocycles. The van der Waals surface area contributed by atoms with Gasteiger partial charge in [-0.3, -0.25) is 19.1 Å². The van der Waals surface area contributed by atoms with Crippen LogP contribution in [0.3, 0.4) is 0 Å². The number of anilines is 1. The Morgan fingerprint density at radius 3 is 2.43 bits per heavy atom. The van der Waals surface area contributed by atoms with Gasteiger partial charge in [-0.05, 0) is 93.4 Å². The van der Waals surface area contributed by atoms with Crippen molar-refractivity contribution in [2.24, 2.45) is 5.92 Å². The largest absolute Gasteiger partial charge is 0.418 e. The van der Waals surface area contributed by atoms with E-state index in [0.717, 1.165) is 43.1 Å². The summed E-state index contributed by atoms with van der Waals surface area (Å²) in [5, 5.41) is 6.35. The van der Waals surface area contributed by atoms with E-state index in [4.69, 9.17) is 0 Å². The third-order valence-corrected chi connectivity index (χ3v) is 9.77. The zero-order valence-electron chi connectivity index (χ0n) is 26.5. The number of fused-ring (bicyclic) bond motifs is 3. The van der Waals surface area contributed by atoms with E-state index in [2.05, 4.69) is 27.7 Å². The molecule has 9 nitrogen and oxygen atoms in total. The summed E-state index contributed by atoms with van der Waals surface area (Å²) < 4.78 is 45.5. The van der Waals surface area contributed by atoms with Crippen LogP contribution in [0.25, 0.3) is 33.1 Å². The molecule has 2 aromatic carbocycles. The maximum Gasteiger partial charge on any atom is 0.418 e. The number of likely N-dealkylation sites (tertiary alicyclic amines) is 1. The van der Waals surface area contributed by atoms with Crippen molar-refractivity contribution in [3.8, 4) is 5.69 Å². The molecule has 246 valence electrons. The van der Waals surface area contributed by atoms with Crippen molar-refractivity contribution in [1.82, 2.24) is 30.2 Å². The van der Waals surface area contributed by atoms with Gasteiger partial charge in [-0.15, -0.1) is 0 Å². The number of carbonyl (C=O) groups is 1. The van der Waals surface area contributed by atoms with Crippen LogP contribution in [0, 0.1) is 5.92 Å². The molecule has 2 fully saturated rings. The molecule has 2 saturated heterocycles. The fourth-order valence-electron chi connectivity index (χ4n) is 7.10. The molecule has 7 rings (SSSR count). The number of benzene rings is 2. The minimum absolute atomic E-state index is 0.00157. The molecule has 3 aliphatic heterocycles. The Labute approximate surface area is 270 Å². The molecule has 0 aliphatic carbocycles. The first-order valence-corrected chi connectivity index (χ1v) is 16.1. The van der Waals surface area contributed by atoms with Crippen molar-refractivity contribution >= 4 is 39.0 Å². The topological polar surface area (TPSA) is 85.7 Å². The third kappa shape index (κ3) is 6.19. The Kier molecular flexibility index (Phi) is 8.17. The number of halogens is 3. The van der Waals surface area contributed by atoms with Crippen LogP contribution in [-0.4, -0.2) is 78.2 Å². The second-order valence-corrected chi connectivity index (χ2v) is 12.9.